The van der Waals surface area contributed by atoms with Crippen LogP contribution in [0.15, 0.2) is 54.2 Å². The number of nitrogens with one attached hydrogen (secondary N) is 1. The topological polar surface area (TPSA) is 67.3 Å². The van der Waals surface area contributed by atoms with Crippen molar-refractivity contribution in [3.63, 3.8) is 0 Å². The molecule has 5 nitrogen and oxygen atoms in total. The van der Waals surface area contributed by atoms with Gasteiger partial charge in [0, 0.05) is 36.3 Å². The largest absolute Gasteiger partial charge is 0.492 e. The third kappa shape index (κ3) is 5.75. The summed E-state index contributed by atoms with van der Waals surface area (Å²) in [6.07, 6.45) is -1.33. The summed E-state index contributed by atoms with van der Waals surface area (Å²) in [5.74, 6) is 0.583. The first-order chi connectivity index (χ1) is 13.4. The van der Waals surface area contributed by atoms with E-state index >= 15 is 0 Å². The van der Waals surface area contributed by atoms with Crippen molar-refractivity contribution in [3.8, 4) is 16.3 Å². The predicted molar refractivity (Wildman–Crippen MR) is 100.0 cm³/mol. The van der Waals surface area contributed by atoms with E-state index < -0.39 is 18.1 Å². The second kappa shape index (κ2) is 9.13. The fourth-order valence-corrected chi connectivity index (χ4v) is 3.27. The van der Waals surface area contributed by atoms with Crippen LogP contribution < -0.4 is 10.1 Å². The van der Waals surface area contributed by atoms with Crippen molar-refractivity contribution in [2.24, 2.45) is 0 Å². The summed E-state index contributed by atoms with van der Waals surface area (Å²) >= 11 is 0.947. The molecule has 2 heterocycles. The lowest BCUT2D eigenvalue weighted by Gasteiger charge is -2.13. The maximum Gasteiger partial charge on any atom is 0.434 e. The Morgan fingerprint density at radius 3 is 2.61 bits per heavy atom. The molecule has 0 saturated heterocycles. The van der Waals surface area contributed by atoms with E-state index in [-0.39, 0.29) is 0 Å². The molecule has 28 heavy (non-hydrogen) atoms. The van der Waals surface area contributed by atoms with Gasteiger partial charge in [-0.1, -0.05) is 6.07 Å². The number of thiazole rings is 1. The monoisotopic (exact) mass is 409 g/mol. The minimum Gasteiger partial charge on any atom is -0.492 e. The normalized spacial score (nSPS) is 12.7. The van der Waals surface area contributed by atoms with Crippen LogP contribution >= 0.6 is 11.3 Å². The SMILES string of the molecule is O[C@H](Cc1cccnc1)NCCOc1ccc(-c2nc(C(F)(F)F)cs2)cc1. The zero-order valence-corrected chi connectivity index (χ0v) is 15.5. The molecule has 0 aliphatic carbocycles. The average Bonchev–Trinajstić information content (AvgIpc) is 3.17. The van der Waals surface area contributed by atoms with Crippen molar-refractivity contribution in [2.75, 3.05) is 13.2 Å². The van der Waals surface area contributed by atoms with Gasteiger partial charge in [-0.2, -0.15) is 13.2 Å². The van der Waals surface area contributed by atoms with Gasteiger partial charge < -0.3 is 9.84 Å². The molecule has 1 atom stereocenters. The van der Waals surface area contributed by atoms with Crippen molar-refractivity contribution in [1.82, 2.24) is 15.3 Å². The van der Waals surface area contributed by atoms with Crippen molar-refractivity contribution >= 4 is 11.3 Å². The van der Waals surface area contributed by atoms with Gasteiger partial charge in [-0.3, -0.25) is 10.3 Å². The Labute approximate surface area is 163 Å². The zero-order chi connectivity index (χ0) is 20.0. The minimum absolute atomic E-state index is 0.305. The molecule has 0 spiro atoms. The zero-order valence-electron chi connectivity index (χ0n) is 14.7. The molecule has 2 aromatic heterocycles. The second-order valence-electron chi connectivity index (χ2n) is 5.94. The highest BCUT2D eigenvalue weighted by atomic mass is 32.1. The van der Waals surface area contributed by atoms with Gasteiger partial charge in [0.05, 0.1) is 0 Å². The van der Waals surface area contributed by atoms with E-state index in [2.05, 4.69) is 15.3 Å². The molecule has 9 heteroatoms. The highest BCUT2D eigenvalue weighted by Gasteiger charge is 2.33. The fourth-order valence-electron chi connectivity index (χ4n) is 2.44. The van der Waals surface area contributed by atoms with Crippen molar-refractivity contribution in [3.05, 3.63) is 65.4 Å². The number of hydrogen-bond acceptors (Lipinski definition) is 6. The van der Waals surface area contributed by atoms with E-state index in [9.17, 15) is 18.3 Å². The van der Waals surface area contributed by atoms with E-state index in [0.717, 1.165) is 22.3 Å². The summed E-state index contributed by atoms with van der Waals surface area (Å²) in [4.78, 5) is 7.61. The number of benzene rings is 1. The fraction of sp³-hybridized carbons (Fsp3) is 0.263. The molecule has 0 saturated carbocycles. The molecule has 3 rings (SSSR count). The van der Waals surface area contributed by atoms with Crippen LogP contribution in [0.4, 0.5) is 13.2 Å². The Hall–Kier alpha value is -2.49. The molecule has 0 amide bonds. The lowest BCUT2D eigenvalue weighted by molar-refractivity contribution is -0.140. The number of alkyl halides is 3. The number of halogens is 3. The summed E-state index contributed by atoms with van der Waals surface area (Å²) in [5, 5.41) is 14.2. The van der Waals surface area contributed by atoms with Crippen LogP contribution in [-0.4, -0.2) is 34.5 Å². The number of nitrogens with zero attached hydrogens (tertiary/aromatic N) is 2. The van der Waals surface area contributed by atoms with Crippen molar-refractivity contribution < 1.29 is 23.0 Å². The van der Waals surface area contributed by atoms with Crippen molar-refractivity contribution in [1.29, 1.82) is 0 Å². The van der Waals surface area contributed by atoms with Gasteiger partial charge in [0.25, 0.3) is 0 Å². The lowest BCUT2D eigenvalue weighted by Crippen LogP contribution is -2.34. The van der Waals surface area contributed by atoms with Crippen LogP contribution in [0.25, 0.3) is 10.6 Å². The number of aliphatic hydroxyl groups is 1. The molecule has 0 bridgehead atoms. The summed E-state index contributed by atoms with van der Waals surface area (Å²) in [6, 6.07) is 10.4. The third-order valence-corrected chi connectivity index (χ3v) is 4.69. The summed E-state index contributed by atoms with van der Waals surface area (Å²) in [7, 11) is 0. The Balaban J connectivity index is 1.44. The van der Waals surface area contributed by atoms with E-state index in [0.29, 0.717) is 35.9 Å². The van der Waals surface area contributed by atoms with Crippen LogP contribution in [0.2, 0.25) is 0 Å². The molecule has 2 N–H and O–H groups in total. The maximum absolute atomic E-state index is 12.6. The number of aliphatic hydroxyl groups excluding tert-OH is 1. The van der Waals surface area contributed by atoms with E-state index in [4.69, 9.17) is 4.74 Å². The van der Waals surface area contributed by atoms with Gasteiger partial charge in [0.15, 0.2) is 5.69 Å². The molecule has 0 aliphatic heterocycles. The Kier molecular flexibility index (Phi) is 6.61. The molecule has 148 valence electrons. The van der Waals surface area contributed by atoms with Gasteiger partial charge in [0.1, 0.15) is 23.6 Å². The van der Waals surface area contributed by atoms with Gasteiger partial charge in [-0.05, 0) is 35.9 Å². The van der Waals surface area contributed by atoms with Crippen LogP contribution in [-0.2, 0) is 12.6 Å². The lowest BCUT2D eigenvalue weighted by atomic mass is 10.2. The smallest absolute Gasteiger partial charge is 0.434 e. The Bertz CT molecular complexity index is 870. The number of hydrogen-bond donors (Lipinski definition) is 2. The summed E-state index contributed by atoms with van der Waals surface area (Å²) in [6.45, 7) is 0.767. The second-order valence-corrected chi connectivity index (χ2v) is 6.80. The summed E-state index contributed by atoms with van der Waals surface area (Å²) < 4.78 is 43.5. The molecule has 1 aromatic carbocycles. The molecule has 3 aromatic rings. The molecule has 0 unspecified atom stereocenters. The number of pyridine rings is 1. The van der Waals surface area contributed by atoms with Gasteiger partial charge >= 0.3 is 6.18 Å². The first-order valence-corrected chi connectivity index (χ1v) is 9.36. The first-order valence-electron chi connectivity index (χ1n) is 8.48. The highest BCUT2D eigenvalue weighted by molar-refractivity contribution is 7.13. The van der Waals surface area contributed by atoms with Crippen molar-refractivity contribution in [2.45, 2.75) is 18.8 Å². The van der Waals surface area contributed by atoms with E-state index in [1.165, 1.54) is 0 Å². The Morgan fingerprint density at radius 1 is 1.18 bits per heavy atom. The highest BCUT2D eigenvalue weighted by Crippen LogP contribution is 2.33. The molecule has 0 fully saturated rings. The molecule has 0 radical (unpaired) electrons. The van der Waals surface area contributed by atoms with Crippen LogP contribution in [0, 0.1) is 0 Å². The van der Waals surface area contributed by atoms with Crippen LogP contribution in [0.3, 0.4) is 0 Å². The van der Waals surface area contributed by atoms with E-state index in [1.54, 1.807) is 36.7 Å². The first kappa shape index (κ1) is 20.2. The van der Waals surface area contributed by atoms with E-state index in [1.807, 2.05) is 12.1 Å². The quantitative estimate of drug-likeness (QED) is 0.438. The molecule has 0 aliphatic rings. The van der Waals surface area contributed by atoms with Gasteiger partial charge in [0.2, 0.25) is 0 Å². The number of ether oxygens (including phenoxy) is 1. The summed E-state index contributed by atoms with van der Waals surface area (Å²) in [5.41, 5.74) is 0.636. The minimum atomic E-state index is -4.44. The third-order valence-electron chi connectivity index (χ3n) is 3.80. The predicted octanol–water partition coefficient (Wildman–Crippen LogP) is 3.75. The standard InChI is InChI=1S/C19H18F3N3O2S/c20-19(21,22)16-12-28-18(25-16)14-3-5-15(6-4-14)27-9-8-24-17(26)10-13-2-1-7-23-11-13/h1-7,11-12,17,24,26H,8-10H2/t17-/m1/s1. The van der Waals surface area contributed by atoms with Crippen LogP contribution in [0.5, 0.6) is 5.75 Å². The number of aromatic nitrogens is 2. The molecular formula is C19H18F3N3O2S. The van der Waals surface area contributed by atoms with Gasteiger partial charge in [-0.25, -0.2) is 4.98 Å². The number of rotatable bonds is 8. The maximum atomic E-state index is 12.6. The Morgan fingerprint density at radius 2 is 1.96 bits per heavy atom. The molecular weight excluding hydrogens is 391 g/mol. The van der Waals surface area contributed by atoms with Crippen LogP contribution in [0.1, 0.15) is 11.3 Å². The van der Waals surface area contributed by atoms with Gasteiger partial charge in [-0.15, -0.1) is 11.3 Å². The average molecular weight is 409 g/mol.